The molecular formula is C14H22N2O2. The van der Waals surface area contributed by atoms with Gasteiger partial charge in [0.1, 0.15) is 5.69 Å². The maximum absolute atomic E-state index is 12.6. The third-order valence-electron chi connectivity index (χ3n) is 3.78. The van der Waals surface area contributed by atoms with E-state index in [0.717, 1.165) is 12.8 Å². The van der Waals surface area contributed by atoms with Crippen molar-refractivity contribution in [2.75, 3.05) is 7.11 Å². The molecule has 4 heteroatoms. The molecule has 1 saturated carbocycles. The van der Waals surface area contributed by atoms with Gasteiger partial charge in [0.05, 0.1) is 13.3 Å². The number of hydrogen-bond donors (Lipinski definition) is 0. The first-order valence-corrected chi connectivity index (χ1v) is 6.92. The fraction of sp³-hybridized carbons (Fsp3) is 0.714. The van der Waals surface area contributed by atoms with E-state index in [4.69, 9.17) is 4.74 Å². The molecule has 0 amide bonds. The van der Waals surface area contributed by atoms with E-state index in [0.29, 0.717) is 18.0 Å². The largest absolute Gasteiger partial charge is 0.493 e. The Morgan fingerprint density at radius 3 is 2.61 bits per heavy atom. The van der Waals surface area contributed by atoms with Gasteiger partial charge in [-0.3, -0.25) is 9.48 Å². The van der Waals surface area contributed by atoms with Crippen LogP contribution in [0, 0.1) is 5.92 Å². The van der Waals surface area contributed by atoms with Gasteiger partial charge in [-0.1, -0.05) is 25.7 Å². The van der Waals surface area contributed by atoms with E-state index in [9.17, 15) is 4.79 Å². The lowest BCUT2D eigenvalue weighted by Gasteiger charge is -2.14. The normalized spacial score (nSPS) is 17.4. The number of aromatic nitrogens is 2. The minimum absolute atomic E-state index is 0.156. The molecule has 18 heavy (non-hydrogen) atoms. The van der Waals surface area contributed by atoms with Crippen molar-refractivity contribution in [1.29, 1.82) is 0 Å². The molecule has 2 rings (SSSR count). The summed E-state index contributed by atoms with van der Waals surface area (Å²) in [6, 6.07) is 0. The van der Waals surface area contributed by atoms with Gasteiger partial charge in [-0.2, -0.15) is 5.10 Å². The monoisotopic (exact) mass is 250 g/mol. The summed E-state index contributed by atoms with van der Waals surface area (Å²) >= 11 is 0. The highest BCUT2D eigenvalue weighted by atomic mass is 16.5. The number of rotatable bonds is 4. The van der Waals surface area contributed by atoms with E-state index in [1.807, 2.05) is 6.92 Å². The van der Waals surface area contributed by atoms with Crippen LogP contribution in [0.25, 0.3) is 0 Å². The Kier molecular flexibility index (Phi) is 4.39. The van der Waals surface area contributed by atoms with Crippen LogP contribution in [-0.2, 0) is 6.54 Å². The van der Waals surface area contributed by atoms with Crippen LogP contribution < -0.4 is 4.74 Å². The molecule has 0 saturated heterocycles. The maximum atomic E-state index is 12.6. The van der Waals surface area contributed by atoms with Crippen LogP contribution >= 0.6 is 0 Å². The highest BCUT2D eigenvalue weighted by Gasteiger charge is 2.27. The molecule has 0 aromatic carbocycles. The summed E-state index contributed by atoms with van der Waals surface area (Å²) in [7, 11) is 1.60. The molecule has 1 aliphatic rings. The van der Waals surface area contributed by atoms with Crippen LogP contribution in [0.3, 0.4) is 0 Å². The highest BCUT2D eigenvalue weighted by molar-refractivity contribution is 5.98. The number of ether oxygens (including phenoxy) is 1. The number of nitrogens with zero attached hydrogens (tertiary/aromatic N) is 2. The Hall–Kier alpha value is -1.32. The van der Waals surface area contributed by atoms with E-state index in [1.54, 1.807) is 18.0 Å². The van der Waals surface area contributed by atoms with Crippen molar-refractivity contribution >= 4 is 5.78 Å². The van der Waals surface area contributed by atoms with Gasteiger partial charge < -0.3 is 4.74 Å². The minimum atomic E-state index is 0.156. The molecule has 0 spiro atoms. The zero-order valence-electron chi connectivity index (χ0n) is 11.3. The molecule has 0 unspecified atom stereocenters. The number of Topliss-reactive ketones (excluding diaryl/α,β-unsaturated/α-hetero) is 1. The number of carbonyl (C=O) groups is 1. The van der Waals surface area contributed by atoms with E-state index in [2.05, 4.69) is 5.10 Å². The fourth-order valence-corrected chi connectivity index (χ4v) is 2.74. The highest BCUT2D eigenvalue weighted by Crippen LogP contribution is 2.29. The van der Waals surface area contributed by atoms with Crippen molar-refractivity contribution in [3.05, 3.63) is 11.9 Å². The van der Waals surface area contributed by atoms with E-state index >= 15 is 0 Å². The first-order valence-electron chi connectivity index (χ1n) is 6.92. The van der Waals surface area contributed by atoms with Crippen molar-refractivity contribution in [1.82, 2.24) is 9.78 Å². The number of methoxy groups -OCH3 is 1. The molecule has 0 aliphatic heterocycles. The summed E-state index contributed by atoms with van der Waals surface area (Å²) in [4.78, 5) is 12.6. The van der Waals surface area contributed by atoms with Gasteiger partial charge in [-0.15, -0.1) is 0 Å². The molecular weight excluding hydrogens is 228 g/mol. The van der Waals surface area contributed by atoms with Gasteiger partial charge in [-0.25, -0.2) is 0 Å². The fourth-order valence-electron chi connectivity index (χ4n) is 2.74. The first kappa shape index (κ1) is 13.1. The van der Waals surface area contributed by atoms with Crippen LogP contribution in [-0.4, -0.2) is 22.7 Å². The predicted octanol–water partition coefficient (Wildman–Crippen LogP) is 3.06. The van der Waals surface area contributed by atoms with Crippen molar-refractivity contribution in [2.45, 2.75) is 52.0 Å². The number of aryl methyl sites for hydroxylation is 1. The second-order valence-electron chi connectivity index (χ2n) is 4.93. The Balaban J connectivity index is 2.23. The van der Waals surface area contributed by atoms with E-state index < -0.39 is 0 Å². The summed E-state index contributed by atoms with van der Waals surface area (Å²) < 4.78 is 7.02. The van der Waals surface area contributed by atoms with Crippen LogP contribution in [0.15, 0.2) is 6.20 Å². The van der Waals surface area contributed by atoms with Crippen LogP contribution in [0.4, 0.5) is 0 Å². The van der Waals surface area contributed by atoms with Gasteiger partial charge in [0.15, 0.2) is 11.5 Å². The quantitative estimate of drug-likeness (QED) is 0.609. The summed E-state index contributed by atoms with van der Waals surface area (Å²) in [5.74, 6) is 0.989. The molecule has 1 aromatic heterocycles. The Labute approximate surface area is 108 Å². The van der Waals surface area contributed by atoms with Gasteiger partial charge in [0.25, 0.3) is 0 Å². The average molecular weight is 250 g/mol. The molecule has 1 aromatic rings. The van der Waals surface area contributed by atoms with Gasteiger partial charge in [0.2, 0.25) is 0 Å². The molecule has 1 aliphatic carbocycles. The second kappa shape index (κ2) is 6.03. The molecule has 0 N–H and O–H groups in total. The van der Waals surface area contributed by atoms with Crippen molar-refractivity contribution in [2.24, 2.45) is 5.92 Å². The van der Waals surface area contributed by atoms with E-state index in [1.165, 1.54) is 25.7 Å². The van der Waals surface area contributed by atoms with Gasteiger partial charge in [0, 0.05) is 12.5 Å². The predicted molar refractivity (Wildman–Crippen MR) is 70.0 cm³/mol. The Morgan fingerprint density at radius 1 is 1.39 bits per heavy atom. The Morgan fingerprint density at radius 2 is 2.06 bits per heavy atom. The molecule has 1 heterocycles. The summed E-state index contributed by atoms with van der Waals surface area (Å²) in [5, 5.41) is 4.22. The standard InChI is InChI=1S/C14H22N2O2/c1-3-16-13(12(18-2)10-15-16)14(17)11-8-6-4-5-7-9-11/h10-11H,3-9H2,1-2H3. The SMILES string of the molecule is CCn1ncc(OC)c1C(=O)C1CCCCCC1. The van der Waals surface area contributed by atoms with Crippen molar-refractivity contribution in [3.63, 3.8) is 0 Å². The van der Waals surface area contributed by atoms with Gasteiger partial charge >= 0.3 is 0 Å². The summed E-state index contributed by atoms with van der Waals surface area (Å²) in [5.41, 5.74) is 0.659. The third-order valence-corrected chi connectivity index (χ3v) is 3.78. The lowest BCUT2D eigenvalue weighted by Crippen LogP contribution is -2.19. The van der Waals surface area contributed by atoms with Crippen LogP contribution in [0.5, 0.6) is 5.75 Å². The van der Waals surface area contributed by atoms with Crippen molar-refractivity contribution in [3.8, 4) is 5.75 Å². The number of ketones is 1. The molecule has 0 atom stereocenters. The van der Waals surface area contributed by atoms with Gasteiger partial charge in [-0.05, 0) is 19.8 Å². The average Bonchev–Trinajstić information content (AvgIpc) is 2.62. The Bertz CT molecular complexity index is 382. The number of carbonyl (C=O) groups excluding carboxylic acids is 1. The van der Waals surface area contributed by atoms with Crippen molar-refractivity contribution < 1.29 is 9.53 Å². The summed E-state index contributed by atoms with van der Waals surface area (Å²) in [6.45, 7) is 2.70. The zero-order valence-corrected chi connectivity index (χ0v) is 11.3. The number of hydrogen-bond acceptors (Lipinski definition) is 3. The second-order valence-corrected chi connectivity index (χ2v) is 4.93. The van der Waals surface area contributed by atoms with E-state index in [-0.39, 0.29) is 11.7 Å². The zero-order chi connectivity index (χ0) is 13.0. The topological polar surface area (TPSA) is 44.1 Å². The molecule has 0 bridgehead atoms. The molecule has 0 radical (unpaired) electrons. The summed E-state index contributed by atoms with van der Waals surface area (Å²) in [6.07, 6.45) is 8.51. The van der Waals surface area contributed by atoms with Crippen LogP contribution in [0.2, 0.25) is 0 Å². The molecule has 1 fully saturated rings. The molecule has 4 nitrogen and oxygen atoms in total. The maximum Gasteiger partial charge on any atom is 0.187 e. The van der Waals surface area contributed by atoms with Crippen LogP contribution in [0.1, 0.15) is 55.9 Å². The first-order chi connectivity index (χ1) is 8.77. The lowest BCUT2D eigenvalue weighted by molar-refractivity contribution is 0.0893. The molecule has 100 valence electrons. The smallest absolute Gasteiger partial charge is 0.187 e. The third kappa shape index (κ3) is 2.57. The lowest BCUT2D eigenvalue weighted by atomic mass is 9.93. The minimum Gasteiger partial charge on any atom is -0.493 e.